The number of rotatable bonds is 6. The summed E-state index contributed by atoms with van der Waals surface area (Å²) in [5.74, 6) is 0.00637. The van der Waals surface area contributed by atoms with Gasteiger partial charge in [0.05, 0.1) is 12.0 Å². The number of aliphatic hydroxyl groups is 1. The Labute approximate surface area is 154 Å². The first kappa shape index (κ1) is 18.5. The van der Waals surface area contributed by atoms with Crippen molar-refractivity contribution in [3.05, 3.63) is 54.4 Å². The Balaban J connectivity index is 1.92. The van der Waals surface area contributed by atoms with Gasteiger partial charge in [-0.05, 0) is 55.0 Å². The number of aliphatic hydroxyl groups excluding tert-OH is 1. The third kappa shape index (κ3) is 4.11. The minimum absolute atomic E-state index is 0.00637. The number of nitrogens with one attached hydrogen (secondary N) is 1. The van der Waals surface area contributed by atoms with Gasteiger partial charge in [-0.3, -0.25) is 9.78 Å². The number of amides is 1. The van der Waals surface area contributed by atoms with E-state index < -0.39 is 5.41 Å². The molecule has 0 radical (unpaired) electrons. The summed E-state index contributed by atoms with van der Waals surface area (Å²) in [6.45, 7) is 2.92. The van der Waals surface area contributed by atoms with E-state index in [1.54, 1.807) is 12.4 Å². The van der Waals surface area contributed by atoms with Crippen molar-refractivity contribution in [1.82, 2.24) is 10.3 Å². The molecule has 2 N–H and O–H groups in total. The molecule has 1 amide bonds. The van der Waals surface area contributed by atoms with Crippen LogP contribution in [0.4, 0.5) is 0 Å². The standard InChI is InChI=1S/C21H26N2O3/c1-16(15-24)23-20(25)21(8-12-26-13-9-21)14-18-4-2-3-5-19(18)17-6-10-22-11-7-17/h2-7,10-11,16,24H,8-9,12-15H2,1H3,(H,23,25)/t16-/m1/s1. The van der Waals surface area contributed by atoms with Crippen LogP contribution in [0.2, 0.25) is 0 Å². The Hall–Kier alpha value is -2.24. The van der Waals surface area contributed by atoms with E-state index in [2.05, 4.69) is 22.4 Å². The minimum atomic E-state index is -0.509. The van der Waals surface area contributed by atoms with E-state index in [4.69, 9.17) is 4.74 Å². The van der Waals surface area contributed by atoms with Crippen molar-refractivity contribution in [2.24, 2.45) is 5.41 Å². The normalized spacial score (nSPS) is 17.5. The highest BCUT2D eigenvalue weighted by molar-refractivity contribution is 5.84. The molecule has 1 aliphatic heterocycles. The van der Waals surface area contributed by atoms with Gasteiger partial charge in [0.2, 0.25) is 5.91 Å². The maximum atomic E-state index is 13.1. The van der Waals surface area contributed by atoms with Crippen LogP contribution in [0.25, 0.3) is 11.1 Å². The lowest BCUT2D eigenvalue weighted by Gasteiger charge is -2.37. The van der Waals surface area contributed by atoms with E-state index in [1.807, 2.05) is 31.2 Å². The lowest BCUT2D eigenvalue weighted by atomic mass is 9.73. The van der Waals surface area contributed by atoms with Gasteiger partial charge in [-0.25, -0.2) is 0 Å². The fraction of sp³-hybridized carbons (Fsp3) is 0.429. The molecule has 1 saturated heterocycles. The molecule has 0 saturated carbocycles. The Bertz CT molecular complexity index is 727. The summed E-state index contributed by atoms with van der Waals surface area (Å²) in [6.07, 6.45) is 5.58. The molecule has 5 nitrogen and oxygen atoms in total. The van der Waals surface area contributed by atoms with Crippen molar-refractivity contribution < 1.29 is 14.6 Å². The summed E-state index contributed by atoms with van der Waals surface area (Å²) < 4.78 is 5.52. The molecule has 0 bridgehead atoms. The van der Waals surface area contributed by atoms with E-state index in [0.717, 1.165) is 16.7 Å². The van der Waals surface area contributed by atoms with Crippen molar-refractivity contribution >= 4 is 5.91 Å². The Morgan fingerprint density at radius 1 is 1.23 bits per heavy atom. The van der Waals surface area contributed by atoms with Gasteiger partial charge in [-0.2, -0.15) is 0 Å². The highest BCUT2D eigenvalue weighted by Gasteiger charge is 2.40. The van der Waals surface area contributed by atoms with Crippen LogP contribution in [0.1, 0.15) is 25.3 Å². The lowest BCUT2D eigenvalue weighted by Crippen LogP contribution is -2.49. The van der Waals surface area contributed by atoms with Crippen molar-refractivity contribution in [1.29, 1.82) is 0 Å². The van der Waals surface area contributed by atoms with Gasteiger partial charge in [0.15, 0.2) is 0 Å². The smallest absolute Gasteiger partial charge is 0.227 e. The van der Waals surface area contributed by atoms with E-state index in [0.29, 0.717) is 32.5 Å². The van der Waals surface area contributed by atoms with Crippen molar-refractivity contribution in [2.45, 2.75) is 32.2 Å². The van der Waals surface area contributed by atoms with Gasteiger partial charge < -0.3 is 15.2 Å². The predicted molar refractivity (Wildman–Crippen MR) is 101 cm³/mol. The van der Waals surface area contributed by atoms with E-state index in [1.165, 1.54) is 0 Å². The Morgan fingerprint density at radius 3 is 2.62 bits per heavy atom. The van der Waals surface area contributed by atoms with Gasteiger partial charge in [-0.15, -0.1) is 0 Å². The van der Waals surface area contributed by atoms with Crippen LogP contribution in [0.5, 0.6) is 0 Å². The summed E-state index contributed by atoms with van der Waals surface area (Å²) in [6, 6.07) is 11.9. The molecule has 1 atom stereocenters. The number of carbonyl (C=O) groups excluding carboxylic acids is 1. The summed E-state index contributed by atoms with van der Waals surface area (Å²) in [5.41, 5.74) is 2.86. The molecule has 1 fully saturated rings. The minimum Gasteiger partial charge on any atom is -0.394 e. The lowest BCUT2D eigenvalue weighted by molar-refractivity contribution is -0.137. The number of aromatic nitrogens is 1. The molecule has 1 aliphatic rings. The van der Waals surface area contributed by atoms with Gasteiger partial charge in [-0.1, -0.05) is 24.3 Å². The molecule has 3 rings (SSSR count). The van der Waals surface area contributed by atoms with E-state index in [-0.39, 0.29) is 18.6 Å². The maximum absolute atomic E-state index is 13.1. The number of benzene rings is 1. The molecule has 26 heavy (non-hydrogen) atoms. The summed E-state index contributed by atoms with van der Waals surface area (Å²) in [7, 11) is 0. The maximum Gasteiger partial charge on any atom is 0.227 e. The van der Waals surface area contributed by atoms with Crippen LogP contribution in [0.15, 0.2) is 48.8 Å². The predicted octanol–water partition coefficient (Wildman–Crippen LogP) is 2.58. The average molecular weight is 354 g/mol. The van der Waals surface area contributed by atoms with Gasteiger partial charge in [0.1, 0.15) is 0 Å². The number of nitrogens with zero attached hydrogens (tertiary/aromatic N) is 1. The first-order valence-electron chi connectivity index (χ1n) is 9.12. The topological polar surface area (TPSA) is 71.5 Å². The zero-order valence-electron chi connectivity index (χ0n) is 15.1. The van der Waals surface area contributed by atoms with Crippen LogP contribution in [-0.2, 0) is 16.0 Å². The van der Waals surface area contributed by atoms with E-state index >= 15 is 0 Å². The fourth-order valence-corrected chi connectivity index (χ4v) is 3.52. The largest absolute Gasteiger partial charge is 0.394 e. The zero-order valence-corrected chi connectivity index (χ0v) is 15.1. The zero-order chi connectivity index (χ0) is 18.4. The highest BCUT2D eigenvalue weighted by Crippen LogP contribution is 2.37. The molecule has 138 valence electrons. The molecule has 1 aromatic heterocycles. The highest BCUT2D eigenvalue weighted by atomic mass is 16.5. The second kappa shape index (κ2) is 8.43. The number of carbonyl (C=O) groups is 1. The summed E-state index contributed by atoms with van der Waals surface area (Å²) in [5, 5.41) is 12.3. The molecule has 0 spiro atoms. The third-order valence-corrected chi connectivity index (χ3v) is 5.12. The monoisotopic (exact) mass is 354 g/mol. The van der Waals surface area contributed by atoms with Crippen LogP contribution < -0.4 is 5.32 Å². The number of ether oxygens (including phenoxy) is 1. The van der Waals surface area contributed by atoms with Gasteiger partial charge in [0.25, 0.3) is 0 Å². The van der Waals surface area contributed by atoms with Crippen LogP contribution in [0, 0.1) is 5.41 Å². The Morgan fingerprint density at radius 2 is 1.92 bits per heavy atom. The summed E-state index contributed by atoms with van der Waals surface area (Å²) in [4.78, 5) is 17.1. The number of hydrogen-bond acceptors (Lipinski definition) is 4. The number of pyridine rings is 1. The van der Waals surface area contributed by atoms with Gasteiger partial charge >= 0.3 is 0 Å². The van der Waals surface area contributed by atoms with Gasteiger partial charge in [0, 0.05) is 31.6 Å². The van der Waals surface area contributed by atoms with Crippen LogP contribution in [0.3, 0.4) is 0 Å². The molecule has 1 aromatic carbocycles. The second-order valence-electron chi connectivity index (χ2n) is 7.02. The molecule has 2 aromatic rings. The SMILES string of the molecule is C[C@H](CO)NC(=O)C1(Cc2ccccc2-c2ccncc2)CCOCC1. The molecular formula is C21H26N2O3. The molecular weight excluding hydrogens is 328 g/mol. The van der Waals surface area contributed by atoms with Crippen molar-refractivity contribution in [2.75, 3.05) is 19.8 Å². The molecule has 5 heteroatoms. The van der Waals surface area contributed by atoms with Crippen molar-refractivity contribution in [3.8, 4) is 11.1 Å². The number of hydrogen-bond donors (Lipinski definition) is 2. The quantitative estimate of drug-likeness (QED) is 0.836. The first-order chi connectivity index (χ1) is 12.6. The average Bonchev–Trinajstić information content (AvgIpc) is 2.69. The Kier molecular flexibility index (Phi) is 6.01. The third-order valence-electron chi connectivity index (χ3n) is 5.12. The molecule has 2 heterocycles. The van der Waals surface area contributed by atoms with Crippen molar-refractivity contribution in [3.63, 3.8) is 0 Å². The fourth-order valence-electron chi connectivity index (χ4n) is 3.52. The summed E-state index contributed by atoms with van der Waals surface area (Å²) >= 11 is 0. The van der Waals surface area contributed by atoms with Crippen LogP contribution >= 0.6 is 0 Å². The molecule has 0 aliphatic carbocycles. The second-order valence-corrected chi connectivity index (χ2v) is 7.02. The molecule has 0 unspecified atom stereocenters. The van der Waals surface area contributed by atoms with E-state index in [9.17, 15) is 9.90 Å². The first-order valence-corrected chi connectivity index (χ1v) is 9.12. The van der Waals surface area contributed by atoms with Crippen LogP contribution in [-0.4, -0.2) is 41.9 Å².